The molecule has 1 heterocycles. The third-order valence-electron chi connectivity index (χ3n) is 9.95. The van der Waals surface area contributed by atoms with Gasteiger partial charge >= 0.3 is 6.18 Å². The predicted molar refractivity (Wildman–Crippen MR) is 177 cm³/mol. The number of benzene rings is 2. The number of hydrogen-bond acceptors (Lipinski definition) is 5. The van der Waals surface area contributed by atoms with Gasteiger partial charge in [0, 0.05) is 31.0 Å². The Hall–Kier alpha value is -3.11. The fourth-order valence-corrected chi connectivity index (χ4v) is 7.35. The number of carbonyl (C=O) groups is 3. The number of alkyl halides is 3. The Bertz CT molecular complexity index is 1410. The Morgan fingerprint density at radius 2 is 1.40 bits per heavy atom. The Morgan fingerprint density at radius 1 is 0.851 bits per heavy atom. The molecule has 5 rings (SSSR count). The molecule has 2 fully saturated rings. The summed E-state index contributed by atoms with van der Waals surface area (Å²) in [6.07, 6.45) is 5.69. The molecule has 7 nitrogen and oxygen atoms in total. The molecule has 2 saturated carbocycles. The lowest BCUT2D eigenvalue weighted by atomic mass is 9.94. The Balaban J connectivity index is 1.61. The van der Waals surface area contributed by atoms with E-state index in [-0.39, 0.29) is 63.7 Å². The summed E-state index contributed by atoms with van der Waals surface area (Å²) in [4.78, 5) is 47.4. The summed E-state index contributed by atoms with van der Waals surface area (Å²) in [7, 11) is 0. The Morgan fingerprint density at radius 3 is 1.91 bits per heavy atom. The lowest BCUT2D eigenvalue weighted by Crippen LogP contribution is -2.44. The largest absolute Gasteiger partial charge is 0.454 e. The predicted octanol–water partition coefficient (Wildman–Crippen LogP) is 9.25. The molecule has 0 unspecified atom stereocenters. The van der Waals surface area contributed by atoms with Gasteiger partial charge in [-0.3, -0.25) is 14.4 Å². The average molecular weight is 676 g/mol. The standard InChI is InChI=1S/C36H45ClF3N3O4/c1-3-41(4-2)19-20-42-29-18-17-26(36(38,39)40)21-32(29)47-31-23-30(28(37)22-27(31)35(42)46)43(33(44)24-13-9-5-6-10-14-24)34(45)25-15-11-7-8-12-16-25/h17-18,21-25H,3-16,19-20H2,1-2H3. The molecular weight excluding hydrogens is 631 g/mol. The zero-order valence-electron chi connectivity index (χ0n) is 27.3. The summed E-state index contributed by atoms with van der Waals surface area (Å²) < 4.78 is 47.7. The second-order valence-corrected chi connectivity index (χ2v) is 13.4. The molecule has 2 aromatic carbocycles. The van der Waals surface area contributed by atoms with Crippen molar-refractivity contribution in [1.82, 2.24) is 4.90 Å². The van der Waals surface area contributed by atoms with Gasteiger partial charge in [0.1, 0.15) is 5.75 Å². The molecule has 11 heteroatoms. The van der Waals surface area contributed by atoms with Crippen molar-refractivity contribution in [1.29, 1.82) is 0 Å². The van der Waals surface area contributed by atoms with Crippen LogP contribution < -0.4 is 14.5 Å². The highest BCUT2D eigenvalue weighted by Crippen LogP contribution is 2.46. The van der Waals surface area contributed by atoms with E-state index in [1.54, 1.807) is 0 Å². The first-order valence-corrected chi connectivity index (χ1v) is 17.6. The van der Waals surface area contributed by atoms with Gasteiger partial charge in [0.25, 0.3) is 5.91 Å². The summed E-state index contributed by atoms with van der Waals surface area (Å²) in [6, 6.07) is 5.87. The topological polar surface area (TPSA) is 70.2 Å². The summed E-state index contributed by atoms with van der Waals surface area (Å²) in [5.74, 6) is -2.02. The number of likely N-dealkylation sites (N-methyl/N-ethyl adjacent to an activating group) is 1. The number of anilines is 2. The van der Waals surface area contributed by atoms with Crippen LogP contribution in [-0.2, 0) is 15.8 Å². The first-order valence-electron chi connectivity index (χ1n) is 17.2. The smallest absolute Gasteiger partial charge is 0.416 e. The number of hydrogen-bond donors (Lipinski definition) is 0. The summed E-state index contributed by atoms with van der Waals surface area (Å²) in [5.41, 5.74) is -0.567. The fraction of sp³-hybridized carbons (Fsp3) is 0.583. The van der Waals surface area contributed by atoms with E-state index >= 15 is 0 Å². The normalized spacial score (nSPS) is 18.1. The second kappa shape index (κ2) is 15.4. The van der Waals surface area contributed by atoms with E-state index < -0.39 is 17.6 Å². The van der Waals surface area contributed by atoms with Crippen molar-refractivity contribution in [2.24, 2.45) is 11.8 Å². The molecule has 0 saturated heterocycles. The van der Waals surface area contributed by atoms with Gasteiger partial charge in [0.05, 0.1) is 27.5 Å². The number of nitrogens with zero attached hydrogens (tertiary/aromatic N) is 3. The average Bonchev–Trinajstić information content (AvgIpc) is 3.53. The van der Waals surface area contributed by atoms with Gasteiger partial charge in [-0.2, -0.15) is 13.2 Å². The molecule has 47 heavy (non-hydrogen) atoms. The number of fused-ring (bicyclic) bond motifs is 2. The van der Waals surface area contributed by atoms with Crippen molar-refractivity contribution in [3.05, 3.63) is 46.5 Å². The molecule has 256 valence electrons. The van der Waals surface area contributed by atoms with Crippen LogP contribution in [0.15, 0.2) is 30.3 Å². The van der Waals surface area contributed by atoms with E-state index in [1.165, 1.54) is 28.0 Å². The first-order chi connectivity index (χ1) is 22.5. The fourth-order valence-electron chi connectivity index (χ4n) is 7.10. The number of imide groups is 1. The molecule has 0 radical (unpaired) electrons. The van der Waals surface area contributed by atoms with Crippen LogP contribution in [0.1, 0.15) is 107 Å². The second-order valence-electron chi connectivity index (χ2n) is 13.0. The zero-order valence-corrected chi connectivity index (χ0v) is 28.1. The maximum Gasteiger partial charge on any atom is 0.416 e. The highest BCUT2D eigenvalue weighted by atomic mass is 35.5. The van der Waals surface area contributed by atoms with Crippen LogP contribution in [0.5, 0.6) is 11.5 Å². The van der Waals surface area contributed by atoms with Crippen LogP contribution in [0, 0.1) is 11.8 Å². The number of halogens is 4. The van der Waals surface area contributed by atoms with E-state index in [4.69, 9.17) is 16.3 Å². The van der Waals surface area contributed by atoms with Crippen molar-refractivity contribution in [3.63, 3.8) is 0 Å². The van der Waals surface area contributed by atoms with Gasteiger partial charge in [-0.1, -0.05) is 76.8 Å². The zero-order chi connectivity index (χ0) is 33.7. The van der Waals surface area contributed by atoms with E-state index in [9.17, 15) is 27.6 Å². The summed E-state index contributed by atoms with van der Waals surface area (Å²) >= 11 is 6.89. The van der Waals surface area contributed by atoms with Crippen LogP contribution in [0.3, 0.4) is 0 Å². The van der Waals surface area contributed by atoms with Gasteiger partial charge in [0.2, 0.25) is 11.8 Å². The van der Waals surface area contributed by atoms with Crippen molar-refractivity contribution >= 4 is 40.7 Å². The third-order valence-corrected chi connectivity index (χ3v) is 10.2. The van der Waals surface area contributed by atoms with Gasteiger partial charge in [0.15, 0.2) is 5.75 Å². The molecule has 1 aliphatic heterocycles. The van der Waals surface area contributed by atoms with E-state index in [0.717, 1.165) is 76.6 Å². The summed E-state index contributed by atoms with van der Waals surface area (Å²) in [6.45, 7) is 6.15. The van der Waals surface area contributed by atoms with Crippen LogP contribution >= 0.6 is 11.6 Å². The number of carbonyl (C=O) groups excluding carboxylic acids is 3. The first kappa shape index (κ1) is 35.2. The molecule has 0 atom stereocenters. The van der Waals surface area contributed by atoms with Crippen LogP contribution in [-0.4, -0.2) is 48.8 Å². The molecule has 2 aliphatic carbocycles. The van der Waals surface area contributed by atoms with E-state index in [0.29, 0.717) is 32.2 Å². The van der Waals surface area contributed by atoms with Crippen molar-refractivity contribution in [2.75, 3.05) is 36.0 Å². The molecule has 3 aliphatic rings. The lowest BCUT2D eigenvalue weighted by Gasteiger charge is -2.30. The number of ether oxygens (including phenoxy) is 1. The molecule has 0 bridgehead atoms. The SMILES string of the molecule is CCN(CC)CCN1C(=O)c2cc(Cl)c(N(C(=O)C3CCCCCC3)C(=O)C3CCCCCC3)cc2Oc2cc(C(F)(F)F)ccc21. The maximum absolute atomic E-state index is 14.3. The lowest BCUT2D eigenvalue weighted by molar-refractivity contribution is -0.137. The van der Waals surface area contributed by atoms with Gasteiger partial charge < -0.3 is 14.5 Å². The molecule has 0 spiro atoms. The molecule has 0 aromatic heterocycles. The van der Waals surface area contributed by atoms with Gasteiger partial charge in [-0.25, -0.2) is 4.90 Å². The maximum atomic E-state index is 14.3. The minimum atomic E-state index is -4.64. The Labute approximate surface area is 280 Å². The van der Waals surface area contributed by atoms with Crippen molar-refractivity contribution < 1.29 is 32.3 Å². The number of amides is 3. The third kappa shape index (κ3) is 7.96. The minimum Gasteiger partial charge on any atom is -0.454 e. The van der Waals surface area contributed by atoms with Gasteiger partial charge in [-0.05, 0) is 63.0 Å². The molecule has 0 N–H and O–H groups in total. The summed E-state index contributed by atoms with van der Waals surface area (Å²) in [5, 5.41) is 0.0373. The van der Waals surface area contributed by atoms with Gasteiger partial charge in [-0.15, -0.1) is 0 Å². The highest BCUT2D eigenvalue weighted by Gasteiger charge is 2.39. The monoisotopic (exact) mass is 675 g/mol. The van der Waals surface area contributed by atoms with Crippen LogP contribution in [0.2, 0.25) is 5.02 Å². The van der Waals surface area contributed by atoms with E-state index in [2.05, 4.69) is 4.90 Å². The number of rotatable bonds is 8. The molecule has 3 amide bonds. The van der Waals surface area contributed by atoms with Crippen LogP contribution in [0.4, 0.5) is 24.5 Å². The minimum absolute atomic E-state index is 0.0373. The Kier molecular flexibility index (Phi) is 11.5. The highest BCUT2D eigenvalue weighted by molar-refractivity contribution is 6.36. The van der Waals surface area contributed by atoms with Crippen molar-refractivity contribution in [2.45, 2.75) is 97.1 Å². The van der Waals surface area contributed by atoms with E-state index in [1.807, 2.05) is 13.8 Å². The molecule has 2 aromatic rings. The quantitative estimate of drug-likeness (QED) is 0.206. The van der Waals surface area contributed by atoms with Crippen molar-refractivity contribution in [3.8, 4) is 11.5 Å². The molecular formula is C36H45ClF3N3O4. The van der Waals surface area contributed by atoms with Crippen LogP contribution in [0.25, 0.3) is 0 Å².